The topological polar surface area (TPSA) is 416 Å². The van der Waals surface area contributed by atoms with Crippen molar-refractivity contribution >= 4 is 79.8 Å². The van der Waals surface area contributed by atoms with Crippen LogP contribution >= 0.6 is 0 Å². The van der Waals surface area contributed by atoms with Gasteiger partial charge in [0.15, 0.2) is 11.6 Å². The first-order valence-electron chi connectivity index (χ1n) is 50.4. The third-order valence-electron chi connectivity index (χ3n) is 35.4. The third kappa shape index (κ3) is 15.2. The number of azo groups is 4. The van der Waals surface area contributed by atoms with Gasteiger partial charge >= 0.3 is 46.9 Å². The number of nitrogens with two attached hydrogens (primary N) is 1. The van der Waals surface area contributed by atoms with Gasteiger partial charge in [0.05, 0.1) is 124 Å². The quantitative estimate of drug-likeness (QED) is 0.0515. The number of ether oxygens (including phenoxy) is 6. The molecule has 9 aromatic carbocycles. The van der Waals surface area contributed by atoms with Gasteiger partial charge in [-0.05, 0) is 253 Å². The highest BCUT2D eigenvalue weighted by Gasteiger charge is 2.65. The van der Waals surface area contributed by atoms with Gasteiger partial charge in [0.2, 0.25) is 5.75 Å². The Bertz CT molecular complexity index is 7290. The van der Waals surface area contributed by atoms with E-state index in [0.717, 1.165) is 136 Å². The summed E-state index contributed by atoms with van der Waals surface area (Å²) in [6.45, 7) is 2.52. The van der Waals surface area contributed by atoms with Gasteiger partial charge in [-0.15, -0.1) is 0 Å². The standard InChI is InChI=1S/C50H54N8O6S.C32H31F2N5O7S.C26H29N5O4/c1-63-45(59)57-25-23-49(38-16-6-4-12-32(38)28-43(49)57)54-52-42-20-8-18-40-36(42)30-44-50(40,24-26-58(44)46(60)64-2)56-65(61,62)55-48-22-10-14-34(48)29-35-39(48)17-7-19-41(35)51-53-47-21-9-13-33(47)27-31-11-3-5-15-37(31)47;1-44-29(40)38-15-13-31(21-8-4-3-7-19(21)17-26(31)38)36-35-25-12-5-9-22-20(25)18-27-32(22,14-16-39(27)30(41)45-2)37-47(42,43)46-28-23(33)10-6-11-24(28)34;1-34-23(32)30-12-10-25(27)19-8-5-9-20(17(19)15-21(25)30)28-29-26-11-13-31(24(33)35-2)22(26)14-16-6-3-4-7-18(16)26/h3-8,11-12,15-20,33-34,43-44,55-56H,9-10,13-14,21-30H2,1-2H3;3-12,26-27,37H,13-18H2,1-2H3;3-9,21-22H,10-15,27H2,1-2H3/t33?,34?,43?,44?,47-,48-,49+,50-;26-,27+,31-,32+;21-,22-,25-,26-/m100/s1. The lowest BCUT2D eigenvalue weighted by atomic mass is 9.87. The number of benzene rings is 9. The zero-order valence-corrected chi connectivity index (χ0v) is 83.9. The van der Waals surface area contributed by atoms with E-state index in [1.54, 1.807) is 42.7 Å². The molecule has 0 aromatic heterocycles. The molecule has 8 fully saturated rings. The largest absolute Gasteiger partial charge is 0.453 e. The number of halogens is 2. The molecule has 6 saturated heterocycles. The van der Waals surface area contributed by atoms with Gasteiger partial charge in [0.1, 0.15) is 22.2 Å². The van der Waals surface area contributed by atoms with Crippen molar-refractivity contribution in [3.63, 3.8) is 0 Å². The Morgan fingerprint density at radius 2 is 0.633 bits per heavy atom. The van der Waals surface area contributed by atoms with Crippen LogP contribution in [0.2, 0.25) is 0 Å². The maximum absolute atomic E-state index is 15.1. The lowest BCUT2D eigenvalue weighted by Crippen LogP contribution is -2.59. The molecule has 0 bridgehead atoms. The molecule has 0 spiro atoms. The summed E-state index contributed by atoms with van der Waals surface area (Å²) in [6.07, 6.45) is 10.8. The Labute approximate surface area is 849 Å². The van der Waals surface area contributed by atoms with Crippen LogP contribution in [0.15, 0.2) is 229 Å². The number of nitrogens with one attached hydrogen (secondary N) is 3. The SMILES string of the molecule is COC(=O)N1CC[C@]2(N=Nc3cccc4c3CC3N(C(=O)OC)CC[C@@]43NS(=O)(=O)N[C@]34CCCC3Cc3c(N=N[C@]56CCCC5Cc5ccccc56)cccc34)c3ccccc3CC12.COC(=O)N1CC[C@]2(N=Nc3cccc4c3C[C@@H]3N(C(=O)OC)CC[C@]43N)c3ccccc3C[C@H]12.COC(=O)N1CC[C@]2(N=Nc3cccc4c3C[C@H]3N(C(=O)OC)CC[C@@]43NS(=O)(=O)Oc3c(F)cccc3F)c3ccccc3C[C@H]12. The summed E-state index contributed by atoms with van der Waals surface area (Å²) >= 11 is 0. The van der Waals surface area contributed by atoms with Crippen LogP contribution in [0.1, 0.15) is 166 Å². The fraction of sp³-hybridized carbons (Fsp3) is 0.444. The van der Waals surface area contributed by atoms with Crippen LogP contribution in [0.3, 0.4) is 0 Å². The van der Waals surface area contributed by atoms with Crippen molar-refractivity contribution < 1.29 is 87.0 Å². The Morgan fingerprint density at radius 3 is 1.07 bits per heavy atom. The minimum atomic E-state index is -4.84. The normalized spacial score (nSPS) is 29.7. The molecule has 764 valence electrons. The van der Waals surface area contributed by atoms with Crippen molar-refractivity contribution in [2.45, 2.75) is 209 Å². The van der Waals surface area contributed by atoms with Crippen LogP contribution < -0.4 is 24.1 Å². The molecule has 16 aliphatic rings. The summed E-state index contributed by atoms with van der Waals surface area (Å²) in [6, 6.07) is 56.5. The molecule has 2 saturated carbocycles. The van der Waals surface area contributed by atoms with Gasteiger partial charge in [-0.25, -0.2) is 37.5 Å². The second kappa shape index (κ2) is 36.5. The van der Waals surface area contributed by atoms with Crippen LogP contribution in [0.25, 0.3) is 0 Å². The van der Waals surface area contributed by atoms with E-state index in [1.807, 2.05) is 97.1 Å². The molecule has 147 heavy (non-hydrogen) atoms. The number of hydrogen-bond donors (Lipinski definition) is 4. The van der Waals surface area contributed by atoms with Gasteiger partial charge in [-0.2, -0.15) is 71.9 Å². The zero-order chi connectivity index (χ0) is 102. The lowest BCUT2D eigenvalue weighted by Gasteiger charge is -2.37. The minimum absolute atomic E-state index is 0.0518. The summed E-state index contributed by atoms with van der Waals surface area (Å²) < 4.78 is 130. The number of likely N-dealkylation sites (tertiary alicyclic amines) is 6. The number of nitrogens with zero attached hydrogens (tertiary/aromatic N) is 14. The van der Waals surface area contributed by atoms with Crippen molar-refractivity contribution in [1.82, 2.24) is 43.6 Å². The number of carbonyl (C=O) groups excluding carboxylic acids is 6. The Balaban J connectivity index is 0.000000128. The van der Waals surface area contributed by atoms with E-state index in [-0.39, 0.29) is 73.3 Å². The molecule has 10 aliphatic carbocycles. The monoisotopic (exact) mass is 2040 g/mol. The van der Waals surface area contributed by atoms with Crippen molar-refractivity contribution in [2.24, 2.45) is 58.5 Å². The second-order valence-electron chi connectivity index (χ2n) is 41.6. The predicted octanol–water partition coefficient (Wildman–Crippen LogP) is 17.1. The number of methoxy groups -OCH3 is 6. The fourth-order valence-corrected chi connectivity index (χ4v) is 31.9. The summed E-state index contributed by atoms with van der Waals surface area (Å²) in [5, 5.41) is 39.9. The lowest BCUT2D eigenvalue weighted by molar-refractivity contribution is 0.111. The van der Waals surface area contributed by atoms with E-state index < -0.39 is 107 Å². The van der Waals surface area contributed by atoms with Gasteiger partial charge in [-0.3, -0.25) is 0 Å². The Morgan fingerprint density at radius 1 is 0.320 bits per heavy atom. The average Bonchev–Trinajstić information content (AvgIpc) is 1.53. The minimum Gasteiger partial charge on any atom is -0.453 e. The smallest absolute Gasteiger partial charge is 0.409 e. The number of fused-ring (bicyclic) bond motifs is 24. The highest BCUT2D eigenvalue weighted by Crippen LogP contribution is 2.62. The van der Waals surface area contributed by atoms with E-state index in [4.69, 9.17) is 79.3 Å². The van der Waals surface area contributed by atoms with Crippen LogP contribution in [-0.2, 0) is 145 Å². The van der Waals surface area contributed by atoms with E-state index in [9.17, 15) is 46.0 Å². The summed E-state index contributed by atoms with van der Waals surface area (Å²) in [4.78, 5) is 86.8. The second-order valence-corrected chi connectivity index (χ2v) is 44.3. The maximum atomic E-state index is 15.1. The van der Waals surface area contributed by atoms with E-state index >= 15 is 8.42 Å². The summed E-state index contributed by atoms with van der Waals surface area (Å²) in [5.41, 5.74) is 19.0. The molecular weight excluding hydrogens is 1920 g/mol. The molecule has 0 radical (unpaired) electrons. The summed E-state index contributed by atoms with van der Waals surface area (Å²) in [7, 11) is -0.942. The van der Waals surface area contributed by atoms with Crippen molar-refractivity contribution in [3.8, 4) is 5.75 Å². The molecule has 9 aromatic rings. The number of amides is 6. The van der Waals surface area contributed by atoms with Crippen LogP contribution in [0.4, 0.5) is 60.3 Å². The fourth-order valence-electron chi connectivity index (χ4n) is 28.9. The number of hydrogen-bond acceptors (Lipinski definition) is 26. The van der Waals surface area contributed by atoms with Crippen LogP contribution in [0.5, 0.6) is 5.75 Å². The summed E-state index contributed by atoms with van der Waals surface area (Å²) in [5.74, 6) is -2.95. The molecule has 39 heteroatoms. The average molecular weight is 2040 g/mol. The molecule has 6 heterocycles. The Kier molecular flexibility index (Phi) is 24.0. The third-order valence-corrected chi connectivity index (χ3v) is 37.7. The van der Waals surface area contributed by atoms with Crippen LogP contribution in [-0.4, -0.2) is 201 Å². The van der Waals surface area contributed by atoms with E-state index in [0.29, 0.717) is 132 Å². The molecule has 6 aliphatic heterocycles. The van der Waals surface area contributed by atoms with Gasteiger partial charge in [0, 0.05) is 39.3 Å². The van der Waals surface area contributed by atoms with Crippen molar-refractivity contribution in [3.05, 3.63) is 289 Å². The Hall–Kier alpha value is -13.6. The molecule has 4 unspecified atom stereocenters. The number of para-hydroxylation sites is 1. The first-order chi connectivity index (χ1) is 71.0. The first kappa shape index (κ1) is 96.8. The highest BCUT2D eigenvalue weighted by molar-refractivity contribution is 7.87. The molecular formula is C108H114F2N18O17S2. The van der Waals surface area contributed by atoms with Gasteiger partial charge in [-0.1, -0.05) is 165 Å². The van der Waals surface area contributed by atoms with Gasteiger partial charge in [0.25, 0.3) is 10.2 Å². The van der Waals surface area contributed by atoms with Gasteiger partial charge < -0.3 is 67.7 Å². The van der Waals surface area contributed by atoms with E-state index in [2.05, 4.69) is 68.8 Å². The molecule has 25 rings (SSSR count). The molecule has 16 atom stereocenters. The number of carbonyl (C=O) groups is 6. The number of rotatable bonds is 16. The molecule has 6 amide bonds. The molecule has 5 N–H and O–H groups in total. The first-order valence-corrected chi connectivity index (χ1v) is 53.3. The van der Waals surface area contributed by atoms with Crippen molar-refractivity contribution in [1.29, 1.82) is 0 Å². The molecule has 35 nitrogen and oxygen atoms in total. The highest BCUT2D eigenvalue weighted by atomic mass is 32.2. The zero-order valence-electron chi connectivity index (χ0n) is 82.3. The predicted molar refractivity (Wildman–Crippen MR) is 531 cm³/mol. The van der Waals surface area contributed by atoms with E-state index in [1.165, 1.54) is 64.2 Å². The van der Waals surface area contributed by atoms with Crippen molar-refractivity contribution in [2.75, 3.05) is 81.9 Å². The van der Waals surface area contributed by atoms with Crippen LogP contribution in [0, 0.1) is 23.5 Å². The maximum Gasteiger partial charge on any atom is 0.409 e.